The van der Waals surface area contributed by atoms with Crippen LogP contribution in [-0.4, -0.2) is 18.2 Å². The molecule has 0 saturated heterocycles. The number of hydrogen-bond acceptors (Lipinski definition) is 3. The lowest BCUT2D eigenvalue weighted by Crippen LogP contribution is -2.39. The number of aromatic amines is 1. The molecule has 4 heteroatoms. The van der Waals surface area contributed by atoms with E-state index >= 15 is 0 Å². The lowest BCUT2D eigenvalue weighted by Gasteiger charge is -2.38. The van der Waals surface area contributed by atoms with Gasteiger partial charge in [-0.3, -0.25) is 4.79 Å². The number of rotatable bonds is 3. The summed E-state index contributed by atoms with van der Waals surface area (Å²) in [4.78, 5) is 15.3. The molecule has 0 amide bonds. The zero-order chi connectivity index (χ0) is 17.3. The van der Waals surface area contributed by atoms with Gasteiger partial charge in [0.2, 0.25) is 0 Å². The van der Waals surface area contributed by atoms with Crippen LogP contribution in [-0.2, 0) is 4.74 Å². The van der Waals surface area contributed by atoms with Gasteiger partial charge < -0.3 is 14.5 Å². The van der Waals surface area contributed by atoms with E-state index in [4.69, 9.17) is 9.47 Å². The summed E-state index contributed by atoms with van der Waals surface area (Å²) >= 11 is 0. The number of H-pyrrole nitrogens is 1. The third-order valence-electron chi connectivity index (χ3n) is 4.81. The Morgan fingerprint density at radius 2 is 2.00 bits per heavy atom. The van der Waals surface area contributed by atoms with E-state index in [1.165, 1.54) is 0 Å². The molecule has 4 nitrogen and oxygen atoms in total. The van der Waals surface area contributed by atoms with Gasteiger partial charge in [-0.25, -0.2) is 0 Å². The van der Waals surface area contributed by atoms with Crippen LogP contribution in [0.5, 0.6) is 5.75 Å². The van der Waals surface area contributed by atoms with Crippen molar-refractivity contribution in [2.45, 2.75) is 33.0 Å². The Balaban J connectivity index is 2.23. The van der Waals surface area contributed by atoms with Crippen LogP contribution < -0.4 is 10.3 Å². The van der Waals surface area contributed by atoms with Crippen molar-refractivity contribution in [1.82, 2.24) is 4.98 Å². The van der Waals surface area contributed by atoms with Crippen LogP contribution in [0.15, 0.2) is 53.0 Å². The second-order valence-electron chi connectivity index (χ2n) is 6.23. The molecule has 0 fully saturated rings. The van der Waals surface area contributed by atoms with Gasteiger partial charge in [0.15, 0.2) is 0 Å². The molecule has 126 valence electrons. The van der Waals surface area contributed by atoms with E-state index < -0.39 is 0 Å². The maximum atomic E-state index is 12.5. The average molecular weight is 325 g/mol. The number of allylic oxidation sites excluding steroid dienone is 1. The van der Waals surface area contributed by atoms with Gasteiger partial charge in [0.05, 0.1) is 11.7 Å². The number of aromatic nitrogens is 1. The fraction of sp³-hybridized carbons (Fsp3) is 0.350. The molecule has 0 aliphatic carbocycles. The summed E-state index contributed by atoms with van der Waals surface area (Å²) in [6, 6.07) is 9.93. The molecular formula is C20H23NO3. The van der Waals surface area contributed by atoms with E-state index in [9.17, 15) is 4.79 Å². The molecule has 1 aliphatic heterocycles. The molecule has 3 atom stereocenters. The number of fused-ring (bicyclic) bond motifs is 1. The molecule has 24 heavy (non-hydrogen) atoms. The Bertz CT molecular complexity index is 807. The van der Waals surface area contributed by atoms with Gasteiger partial charge in [-0.15, -0.1) is 0 Å². The van der Waals surface area contributed by atoms with Crippen molar-refractivity contribution in [3.8, 4) is 16.9 Å². The van der Waals surface area contributed by atoms with Crippen LogP contribution in [0.1, 0.15) is 32.4 Å². The summed E-state index contributed by atoms with van der Waals surface area (Å²) in [5.41, 5.74) is 3.44. The molecule has 0 radical (unpaired) electrons. The number of hydrogen-bond donors (Lipinski definition) is 1. The smallest absolute Gasteiger partial charge is 0.257 e. The second kappa shape index (κ2) is 6.65. The Kier molecular flexibility index (Phi) is 4.58. The second-order valence-corrected chi connectivity index (χ2v) is 6.23. The molecule has 0 spiro atoms. The number of pyridine rings is 1. The maximum Gasteiger partial charge on any atom is 0.257 e. The maximum absolute atomic E-state index is 12.5. The first-order valence-corrected chi connectivity index (χ1v) is 8.21. The average Bonchev–Trinajstić information content (AvgIpc) is 2.62. The minimum atomic E-state index is -0.305. The van der Waals surface area contributed by atoms with Crippen LogP contribution in [0.25, 0.3) is 11.1 Å². The molecule has 2 aromatic rings. The predicted molar refractivity (Wildman–Crippen MR) is 95.3 cm³/mol. The van der Waals surface area contributed by atoms with Gasteiger partial charge in [-0.1, -0.05) is 43.3 Å². The lowest BCUT2D eigenvalue weighted by atomic mass is 9.85. The topological polar surface area (TPSA) is 51.3 Å². The number of ether oxygens (including phenoxy) is 2. The van der Waals surface area contributed by atoms with Crippen molar-refractivity contribution in [2.75, 3.05) is 7.11 Å². The zero-order valence-corrected chi connectivity index (χ0v) is 14.5. The third-order valence-corrected chi connectivity index (χ3v) is 4.81. The Labute approximate surface area is 142 Å². The first-order chi connectivity index (χ1) is 11.6. The fourth-order valence-corrected chi connectivity index (χ4v) is 3.41. The van der Waals surface area contributed by atoms with Gasteiger partial charge >= 0.3 is 0 Å². The van der Waals surface area contributed by atoms with Crippen LogP contribution in [0, 0.1) is 5.92 Å². The molecule has 0 bridgehead atoms. The Hall–Kier alpha value is -2.33. The van der Waals surface area contributed by atoms with Crippen molar-refractivity contribution in [3.63, 3.8) is 0 Å². The summed E-state index contributed by atoms with van der Waals surface area (Å²) in [6.07, 6.45) is 3.35. The summed E-state index contributed by atoms with van der Waals surface area (Å²) in [6.45, 7) is 6.11. The van der Waals surface area contributed by atoms with Crippen molar-refractivity contribution in [2.24, 2.45) is 5.92 Å². The number of nitrogens with one attached hydrogen (secondary N) is 1. The zero-order valence-electron chi connectivity index (χ0n) is 14.5. The minimum absolute atomic E-state index is 0.0471. The number of methoxy groups -OCH3 is 1. The molecule has 2 heterocycles. The SMILES string of the molecule is C/C=C(/C)[C@@H]1Oc2c(-c3ccccc3)c[nH]c(=O)c2[C@@H](OC)[C@@H]1C. The van der Waals surface area contributed by atoms with E-state index in [2.05, 4.69) is 11.9 Å². The molecule has 0 unspecified atom stereocenters. The van der Waals surface area contributed by atoms with Crippen molar-refractivity contribution in [1.29, 1.82) is 0 Å². The van der Waals surface area contributed by atoms with Crippen molar-refractivity contribution >= 4 is 0 Å². The van der Waals surface area contributed by atoms with Gasteiger partial charge in [-0.2, -0.15) is 0 Å². The highest BCUT2D eigenvalue weighted by atomic mass is 16.5. The molecule has 1 aromatic heterocycles. The highest BCUT2D eigenvalue weighted by Gasteiger charge is 2.39. The van der Waals surface area contributed by atoms with Crippen molar-refractivity contribution < 1.29 is 9.47 Å². The predicted octanol–water partition coefficient (Wildman–Crippen LogP) is 4.09. The fourth-order valence-electron chi connectivity index (χ4n) is 3.41. The quantitative estimate of drug-likeness (QED) is 0.865. The van der Waals surface area contributed by atoms with E-state index in [-0.39, 0.29) is 23.7 Å². The van der Waals surface area contributed by atoms with E-state index in [1.807, 2.05) is 50.3 Å². The molecule has 1 aliphatic rings. The van der Waals surface area contributed by atoms with Gasteiger partial charge in [0, 0.05) is 24.8 Å². The Morgan fingerprint density at radius 1 is 1.29 bits per heavy atom. The van der Waals surface area contributed by atoms with Gasteiger partial charge in [0.1, 0.15) is 11.9 Å². The standard InChI is InChI=1S/C20H23NO3/c1-5-12(2)17-13(3)18(23-4)16-19(24-17)15(11-21-20(16)22)14-9-7-6-8-10-14/h5-11,13,17-18H,1-4H3,(H,21,22)/b12-5-/t13-,17+,18+/m1/s1. The lowest BCUT2D eigenvalue weighted by molar-refractivity contribution is -0.00768. The third kappa shape index (κ3) is 2.67. The minimum Gasteiger partial charge on any atom is -0.484 e. The van der Waals surface area contributed by atoms with Gasteiger partial charge in [-0.05, 0) is 25.0 Å². The highest BCUT2D eigenvalue weighted by Crippen LogP contribution is 2.44. The van der Waals surface area contributed by atoms with Crippen LogP contribution >= 0.6 is 0 Å². The van der Waals surface area contributed by atoms with Crippen LogP contribution in [0.2, 0.25) is 0 Å². The summed E-state index contributed by atoms with van der Waals surface area (Å²) in [7, 11) is 1.65. The summed E-state index contributed by atoms with van der Waals surface area (Å²) < 4.78 is 12.0. The number of benzene rings is 1. The Morgan fingerprint density at radius 3 is 2.62 bits per heavy atom. The summed E-state index contributed by atoms with van der Waals surface area (Å²) in [5, 5.41) is 0. The molecule has 3 rings (SSSR count). The van der Waals surface area contributed by atoms with Crippen LogP contribution in [0.4, 0.5) is 0 Å². The highest BCUT2D eigenvalue weighted by molar-refractivity contribution is 5.71. The largest absolute Gasteiger partial charge is 0.484 e. The summed E-state index contributed by atoms with van der Waals surface area (Å²) in [5.74, 6) is 0.673. The van der Waals surface area contributed by atoms with E-state index in [1.54, 1.807) is 13.3 Å². The van der Waals surface area contributed by atoms with Crippen molar-refractivity contribution in [3.05, 3.63) is 64.1 Å². The van der Waals surface area contributed by atoms with Crippen LogP contribution in [0.3, 0.4) is 0 Å². The monoisotopic (exact) mass is 325 g/mol. The first-order valence-electron chi connectivity index (χ1n) is 8.21. The molecule has 1 aromatic carbocycles. The van der Waals surface area contributed by atoms with Gasteiger partial charge in [0.25, 0.3) is 5.56 Å². The molecule has 0 saturated carbocycles. The van der Waals surface area contributed by atoms with E-state index in [0.29, 0.717) is 11.3 Å². The molecule has 1 N–H and O–H groups in total. The van der Waals surface area contributed by atoms with E-state index in [0.717, 1.165) is 16.7 Å². The normalized spacial score (nSPS) is 23.5. The first kappa shape index (κ1) is 16.5. The molecular weight excluding hydrogens is 302 g/mol.